The summed E-state index contributed by atoms with van der Waals surface area (Å²) in [7, 11) is 0. The Morgan fingerprint density at radius 2 is 1.59 bits per heavy atom. The summed E-state index contributed by atoms with van der Waals surface area (Å²) >= 11 is 12.3. The number of carbonyl (C=O) groups excluding carboxylic acids is 1. The minimum Gasteiger partial charge on any atom is -0.406 e. The second-order valence-electron chi connectivity index (χ2n) is 12.2. The van der Waals surface area contributed by atoms with Gasteiger partial charge in [-0.3, -0.25) is 9.69 Å². The molecule has 1 atom stereocenters. The molecule has 10 heteroatoms. The van der Waals surface area contributed by atoms with Crippen LogP contribution in [0.1, 0.15) is 55.7 Å². The van der Waals surface area contributed by atoms with E-state index in [2.05, 4.69) is 32.0 Å². The number of hydrogen-bond donors (Lipinski definition) is 1. The van der Waals surface area contributed by atoms with Crippen molar-refractivity contribution in [3.8, 4) is 16.9 Å². The predicted molar refractivity (Wildman–Crippen MR) is 168 cm³/mol. The summed E-state index contributed by atoms with van der Waals surface area (Å²) in [6, 6.07) is 18.0. The van der Waals surface area contributed by atoms with Crippen LogP contribution in [0.25, 0.3) is 11.1 Å². The van der Waals surface area contributed by atoms with Crippen molar-refractivity contribution in [1.82, 2.24) is 9.80 Å². The number of halogens is 5. The Hall–Kier alpha value is -2.78. The first-order valence-electron chi connectivity index (χ1n) is 15.3. The lowest BCUT2D eigenvalue weighted by Crippen LogP contribution is -2.47. The number of fused-ring (bicyclic) bond motifs is 1. The van der Waals surface area contributed by atoms with Crippen molar-refractivity contribution in [2.45, 2.75) is 63.4 Å². The summed E-state index contributed by atoms with van der Waals surface area (Å²) in [6.07, 6.45) is 3.30. The van der Waals surface area contributed by atoms with E-state index in [1.165, 1.54) is 48.9 Å². The minimum atomic E-state index is -4.75. The van der Waals surface area contributed by atoms with Crippen LogP contribution in [0.2, 0.25) is 10.0 Å². The summed E-state index contributed by atoms with van der Waals surface area (Å²) in [5, 5.41) is 3.88. The Morgan fingerprint density at radius 3 is 2.30 bits per heavy atom. The molecule has 2 fully saturated rings. The molecule has 3 aromatic carbocycles. The van der Waals surface area contributed by atoms with Crippen molar-refractivity contribution in [3.63, 3.8) is 0 Å². The highest BCUT2D eigenvalue weighted by atomic mass is 35.5. The first-order chi connectivity index (χ1) is 21.1. The number of likely N-dealkylation sites (tertiary alicyclic amines) is 1. The molecule has 3 aromatic rings. The second kappa shape index (κ2) is 13.3. The third-order valence-electron chi connectivity index (χ3n) is 9.28. The molecule has 1 saturated heterocycles. The number of piperidine rings is 1. The number of alkyl halides is 3. The van der Waals surface area contributed by atoms with Crippen molar-refractivity contribution in [2.75, 3.05) is 31.5 Å². The number of nitrogens with one attached hydrogen (secondary N) is 1. The average molecular weight is 647 g/mol. The number of ether oxygens (including phenoxy) is 1. The molecule has 2 heterocycles. The molecule has 1 N–H and O–H groups in total. The fourth-order valence-electron chi connectivity index (χ4n) is 7.37. The Balaban J connectivity index is 1.24. The van der Waals surface area contributed by atoms with Gasteiger partial charge in [0.25, 0.3) is 0 Å². The van der Waals surface area contributed by atoms with Crippen LogP contribution in [0.3, 0.4) is 0 Å². The summed E-state index contributed by atoms with van der Waals surface area (Å²) in [4.78, 5) is 18.2. The predicted octanol–water partition coefficient (Wildman–Crippen LogP) is 8.75. The van der Waals surface area contributed by atoms with Gasteiger partial charge in [-0.2, -0.15) is 0 Å². The van der Waals surface area contributed by atoms with E-state index in [1.807, 2.05) is 6.07 Å². The van der Waals surface area contributed by atoms with E-state index in [-0.39, 0.29) is 24.2 Å². The molecule has 5 nitrogen and oxygen atoms in total. The lowest BCUT2D eigenvalue weighted by atomic mass is 9.79. The van der Waals surface area contributed by atoms with Gasteiger partial charge in [-0.05, 0) is 104 Å². The van der Waals surface area contributed by atoms with Crippen molar-refractivity contribution in [2.24, 2.45) is 5.92 Å². The smallest absolute Gasteiger partial charge is 0.406 e. The molecule has 1 amide bonds. The highest BCUT2D eigenvalue weighted by molar-refractivity contribution is 6.35. The molecule has 0 radical (unpaired) electrons. The van der Waals surface area contributed by atoms with Crippen LogP contribution in [-0.4, -0.2) is 54.3 Å². The molecule has 6 rings (SSSR count). The van der Waals surface area contributed by atoms with Crippen molar-refractivity contribution >= 4 is 34.8 Å². The summed E-state index contributed by atoms with van der Waals surface area (Å²) in [5.74, 6) is 0.0190. The lowest BCUT2D eigenvalue weighted by Gasteiger charge is -2.45. The molecule has 0 spiro atoms. The van der Waals surface area contributed by atoms with Crippen LogP contribution in [0, 0.1) is 5.92 Å². The topological polar surface area (TPSA) is 44.8 Å². The zero-order valence-corrected chi connectivity index (χ0v) is 25.9. The van der Waals surface area contributed by atoms with Crippen molar-refractivity contribution in [3.05, 3.63) is 81.8 Å². The van der Waals surface area contributed by atoms with Gasteiger partial charge in [-0.25, -0.2) is 0 Å². The first-order valence-corrected chi connectivity index (χ1v) is 16.1. The zero-order valence-electron chi connectivity index (χ0n) is 24.4. The number of rotatable bonds is 7. The largest absolute Gasteiger partial charge is 0.573 e. The standard InChI is InChI=1S/C34H36Cl2F3N3O2/c35-26-18-27(36)20-28(19-26)40-32(43)21-42-15-12-25-16-24(23-4-3-7-30(17-23)44-34(37,38)39)8-9-31(25)33(42)22-10-13-41(14-11-22)29-5-1-2-6-29/h3-4,7-9,16-20,22,29,33H,1-2,5-6,10-15,21H2,(H,40,43). The monoisotopic (exact) mass is 645 g/mol. The third-order valence-corrected chi connectivity index (χ3v) is 9.72. The van der Waals surface area contributed by atoms with Gasteiger partial charge in [0.2, 0.25) is 5.91 Å². The van der Waals surface area contributed by atoms with E-state index in [1.54, 1.807) is 30.3 Å². The number of anilines is 1. The highest BCUT2D eigenvalue weighted by Gasteiger charge is 2.38. The molecule has 0 aromatic heterocycles. The van der Waals surface area contributed by atoms with Gasteiger partial charge in [0.15, 0.2) is 0 Å². The van der Waals surface area contributed by atoms with Crippen molar-refractivity contribution < 1.29 is 22.7 Å². The molecule has 2 aliphatic heterocycles. The average Bonchev–Trinajstić information content (AvgIpc) is 3.51. The number of nitrogens with zero attached hydrogens (tertiary/aromatic N) is 2. The van der Waals surface area contributed by atoms with Crippen LogP contribution < -0.4 is 10.1 Å². The Bertz CT molecular complexity index is 1470. The van der Waals surface area contributed by atoms with E-state index in [0.717, 1.165) is 37.9 Å². The van der Waals surface area contributed by atoms with E-state index < -0.39 is 6.36 Å². The van der Waals surface area contributed by atoms with Crippen LogP contribution in [-0.2, 0) is 11.2 Å². The van der Waals surface area contributed by atoms with Gasteiger partial charge in [0.05, 0.1) is 6.54 Å². The number of amides is 1. The Labute approximate surface area is 266 Å². The summed E-state index contributed by atoms with van der Waals surface area (Å²) in [6.45, 7) is 3.05. The van der Waals surface area contributed by atoms with Crippen LogP contribution >= 0.6 is 23.2 Å². The maximum absolute atomic E-state index is 13.3. The molecule has 3 aliphatic rings. The second-order valence-corrected chi connectivity index (χ2v) is 13.0. The van der Waals surface area contributed by atoms with Gasteiger partial charge >= 0.3 is 6.36 Å². The maximum atomic E-state index is 13.3. The molecule has 44 heavy (non-hydrogen) atoms. The molecule has 1 aliphatic carbocycles. The van der Waals surface area contributed by atoms with Gasteiger partial charge in [0.1, 0.15) is 5.75 Å². The summed E-state index contributed by atoms with van der Waals surface area (Å²) in [5.41, 5.74) is 4.44. The zero-order chi connectivity index (χ0) is 30.8. The molecule has 1 unspecified atom stereocenters. The maximum Gasteiger partial charge on any atom is 0.573 e. The molecule has 0 bridgehead atoms. The SMILES string of the molecule is O=C(CN1CCc2cc(-c3cccc(OC(F)(F)F)c3)ccc2C1C1CCN(C2CCCC2)CC1)Nc1cc(Cl)cc(Cl)c1. The van der Waals surface area contributed by atoms with E-state index in [0.29, 0.717) is 39.8 Å². The number of hydrogen-bond acceptors (Lipinski definition) is 4. The number of benzene rings is 3. The third kappa shape index (κ3) is 7.53. The Morgan fingerprint density at radius 1 is 0.886 bits per heavy atom. The van der Waals surface area contributed by atoms with Gasteiger partial charge in [-0.15, -0.1) is 13.2 Å². The van der Waals surface area contributed by atoms with Gasteiger partial charge in [0, 0.05) is 34.4 Å². The van der Waals surface area contributed by atoms with Gasteiger partial charge in [-0.1, -0.05) is 66.4 Å². The van der Waals surface area contributed by atoms with E-state index in [9.17, 15) is 18.0 Å². The number of carbonyl (C=O) groups is 1. The van der Waals surface area contributed by atoms with E-state index >= 15 is 0 Å². The normalized spacial score (nSPS) is 20.4. The van der Waals surface area contributed by atoms with Crippen LogP contribution in [0.15, 0.2) is 60.7 Å². The fourth-order valence-corrected chi connectivity index (χ4v) is 7.90. The fraction of sp³-hybridized carbons (Fsp3) is 0.441. The Kier molecular flexibility index (Phi) is 9.43. The highest BCUT2D eigenvalue weighted by Crippen LogP contribution is 2.42. The molecule has 234 valence electrons. The van der Waals surface area contributed by atoms with Crippen LogP contribution in [0.5, 0.6) is 5.75 Å². The van der Waals surface area contributed by atoms with Gasteiger partial charge < -0.3 is 15.0 Å². The first kappa shape index (κ1) is 31.2. The van der Waals surface area contributed by atoms with Crippen molar-refractivity contribution in [1.29, 1.82) is 0 Å². The molecular weight excluding hydrogens is 610 g/mol. The molecule has 1 saturated carbocycles. The van der Waals surface area contributed by atoms with Crippen LogP contribution in [0.4, 0.5) is 18.9 Å². The summed E-state index contributed by atoms with van der Waals surface area (Å²) < 4.78 is 42.7. The molecular formula is C34H36Cl2F3N3O2. The van der Waals surface area contributed by atoms with E-state index in [4.69, 9.17) is 23.2 Å². The minimum absolute atomic E-state index is 0.0622. The quantitative estimate of drug-likeness (QED) is 0.279. The lowest BCUT2D eigenvalue weighted by molar-refractivity contribution is -0.274.